The van der Waals surface area contributed by atoms with Crippen molar-refractivity contribution in [3.05, 3.63) is 53.8 Å². The summed E-state index contributed by atoms with van der Waals surface area (Å²) in [4.78, 5) is 24.2. The molecule has 3 N–H and O–H groups in total. The molecular weight excluding hydrogens is 467 g/mol. The summed E-state index contributed by atoms with van der Waals surface area (Å²) in [5.41, 5.74) is 0.943. The fourth-order valence-electron chi connectivity index (χ4n) is 3.20. The van der Waals surface area contributed by atoms with Gasteiger partial charge >= 0.3 is 6.03 Å². The summed E-state index contributed by atoms with van der Waals surface area (Å²) in [7, 11) is -3.86. The third-order valence-corrected chi connectivity index (χ3v) is 6.81. The zero-order valence-electron chi connectivity index (χ0n) is 18.7. The summed E-state index contributed by atoms with van der Waals surface area (Å²) in [5.74, 6) is -0.735. The van der Waals surface area contributed by atoms with Crippen molar-refractivity contribution in [2.45, 2.75) is 18.4 Å². The number of halogens is 1. The van der Waals surface area contributed by atoms with E-state index in [9.17, 15) is 22.4 Å². The molecule has 1 aliphatic rings. The fraction of sp³-hybridized carbons (Fsp3) is 0.364. The minimum absolute atomic E-state index is 0.0564. The molecule has 0 bridgehead atoms. The number of sulfonamides is 1. The van der Waals surface area contributed by atoms with Crippen molar-refractivity contribution in [2.24, 2.45) is 0 Å². The van der Waals surface area contributed by atoms with Crippen molar-refractivity contribution in [3.8, 4) is 5.75 Å². The van der Waals surface area contributed by atoms with Gasteiger partial charge in [0.15, 0.2) is 0 Å². The maximum absolute atomic E-state index is 13.1. The van der Waals surface area contributed by atoms with Crippen molar-refractivity contribution < 1.29 is 31.9 Å². The Labute approximate surface area is 197 Å². The summed E-state index contributed by atoms with van der Waals surface area (Å²) >= 11 is 0. The number of carbonyl (C=O) groups excluding carboxylic acids is 2. The first kappa shape index (κ1) is 25.4. The monoisotopic (exact) mass is 494 g/mol. The van der Waals surface area contributed by atoms with Gasteiger partial charge in [0, 0.05) is 25.3 Å². The van der Waals surface area contributed by atoms with Gasteiger partial charge in [-0.1, -0.05) is 12.1 Å². The highest BCUT2D eigenvalue weighted by Gasteiger charge is 2.29. The Morgan fingerprint density at radius 1 is 1.09 bits per heavy atom. The Bertz CT molecular complexity index is 1100. The number of amides is 3. The van der Waals surface area contributed by atoms with E-state index in [-0.39, 0.29) is 54.9 Å². The zero-order chi connectivity index (χ0) is 24.6. The Kier molecular flexibility index (Phi) is 8.79. The molecule has 0 radical (unpaired) electrons. The van der Waals surface area contributed by atoms with E-state index in [1.807, 2.05) is 0 Å². The lowest BCUT2D eigenvalue weighted by Gasteiger charge is -2.27. The molecular formula is C22H27FN4O6S. The van der Waals surface area contributed by atoms with E-state index in [2.05, 4.69) is 16.0 Å². The number of urea groups is 1. The maximum Gasteiger partial charge on any atom is 0.315 e. The van der Waals surface area contributed by atoms with Crippen LogP contribution in [0.5, 0.6) is 5.75 Å². The normalized spacial score (nSPS) is 14.3. The third-order valence-electron chi connectivity index (χ3n) is 4.89. The van der Waals surface area contributed by atoms with Crippen LogP contribution < -0.4 is 20.7 Å². The first-order valence-electron chi connectivity index (χ1n) is 10.7. The Balaban J connectivity index is 1.59. The van der Waals surface area contributed by atoms with Gasteiger partial charge in [-0.3, -0.25) is 4.79 Å². The lowest BCUT2D eigenvalue weighted by molar-refractivity contribution is -0.115. The minimum Gasteiger partial charge on any atom is -0.492 e. The number of benzene rings is 2. The second-order valence-electron chi connectivity index (χ2n) is 7.32. The molecule has 0 aromatic heterocycles. The van der Waals surface area contributed by atoms with Gasteiger partial charge < -0.3 is 25.4 Å². The van der Waals surface area contributed by atoms with Crippen LogP contribution in [0.2, 0.25) is 0 Å². The predicted molar refractivity (Wildman–Crippen MR) is 122 cm³/mol. The highest BCUT2D eigenvalue weighted by molar-refractivity contribution is 7.89. The van der Waals surface area contributed by atoms with Gasteiger partial charge in [0.25, 0.3) is 0 Å². The largest absolute Gasteiger partial charge is 0.492 e. The van der Waals surface area contributed by atoms with Crippen LogP contribution >= 0.6 is 0 Å². The third kappa shape index (κ3) is 6.89. The molecule has 1 heterocycles. The van der Waals surface area contributed by atoms with Crippen molar-refractivity contribution in [1.29, 1.82) is 0 Å². The van der Waals surface area contributed by atoms with Crippen molar-refractivity contribution in [1.82, 2.24) is 14.9 Å². The van der Waals surface area contributed by atoms with Crippen molar-refractivity contribution in [2.75, 3.05) is 44.8 Å². The van der Waals surface area contributed by atoms with E-state index >= 15 is 0 Å². The number of morpholine rings is 1. The Morgan fingerprint density at radius 2 is 1.79 bits per heavy atom. The van der Waals surface area contributed by atoms with E-state index in [0.29, 0.717) is 18.8 Å². The molecule has 10 nitrogen and oxygen atoms in total. The first-order valence-corrected chi connectivity index (χ1v) is 12.1. The summed E-state index contributed by atoms with van der Waals surface area (Å²) in [5, 5.41) is 7.55. The van der Waals surface area contributed by atoms with E-state index in [0.717, 1.165) is 0 Å². The van der Waals surface area contributed by atoms with E-state index in [1.54, 1.807) is 6.92 Å². The number of hydrogen-bond donors (Lipinski definition) is 3. The molecule has 0 aliphatic carbocycles. The van der Waals surface area contributed by atoms with Crippen LogP contribution in [0, 0.1) is 5.82 Å². The van der Waals surface area contributed by atoms with Gasteiger partial charge in [0.1, 0.15) is 16.5 Å². The molecule has 0 atom stereocenters. The van der Waals surface area contributed by atoms with Crippen LogP contribution in [0.4, 0.5) is 14.9 Å². The maximum atomic E-state index is 13.1. The summed E-state index contributed by atoms with van der Waals surface area (Å²) in [6.07, 6.45) is 0. The van der Waals surface area contributed by atoms with Gasteiger partial charge in [-0.25, -0.2) is 17.6 Å². The minimum atomic E-state index is -3.86. The van der Waals surface area contributed by atoms with Crippen LogP contribution in [0.15, 0.2) is 47.4 Å². The summed E-state index contributed by atoms with van der Waals surface area (Å²) in [6.45, 7) is 2.89. The molecule has 0 saturated carbocycles. The second-order valence-corrected chi connectivity index (χ2v) is 9.23. The predicted octanol–water partition coefficient (Wildman–Crippen LogP) is 1.68. The van der Waals surface area contributed by atoms with Crippen molar-refractivity contribution >= 4 is 27.6 Å². The quantitative estimate of drug-likeness (QED) is 0.487. The van der Waals surface area contributed by atoms with Gasteiger partial charge in [-0.15, -0.1) is 0 Å². The van der Waals surface area contributed by atoms with Gasteiger partial charge in [-0.2, -0.15) is 4.31 Å². The molecule has 184 valence electrons. The summed E-state index contributed by atoms with van der Waals surface area (Å²) < 4.78 is 51.2. The van der Waals surface area contributed by atoms with Crippen LogP contribution in [-0.2, 0) is 26.1 Å². The Hall–Kier alpha value is -3.22. The molecule has 2 aromatic rings. The number of anilines is 1. The second kappa shape index (κ2) is 11.8. The Morgan fingerprint density at radius 3 is 2.47 bits per heavy atom. The van der Waals surface area contributed by atoms with Crippen LogP contribution in [0.1, 0.15) is 12.5 Å². The number of nitrogens with one attached hydrogen (secondary N) is 3. The molecule has 0 unspecified atom stereocenters. The average Bonchev–Trinajstić information content (AvgIpc) is 2.84. The van der Waals surface area contributed by atoms with Gasteiger partial charge in [0.2, 0.25) is 15.9 Å². The van der Waals surface area contributed by atoms with Crippen LogP contribution in [-0.4, -0.2) is 64.1 Å². The molecule has 1 fully saturated rings. The van der Waals surface area contributed by atoms with E-state index in [4.69, 9.17) is 9.47 Å². The smallest absolute Gasteiger partial charge is 0.315 e. The molecule has 0 spiro atoms. The number of nitrogens with zero attached hydrogens (tertiary/aromatic N) is 1. The topological polar surface area (TPSA) is 126 Å². The van der Waals surface area contributed by atoms with Crippen LogP contribution in [0.3, 0.4) is 0 Å². The van der Waals surface area contributed by atoms with Crippen molar-refractivity contribution in [3.63, 3.8) is 0 Å². The fourth-order valence-corrected chi connectivity index (χ4v) is 4.77. The summed E-state index contributed by atoms with van der Waals surface area (Å²) in [6, 6.07) is 9.40. The molecule has 1 aliphatic heterocycles. The molecule has 1 saturated heterocycles. The van der Waals surface area contributed by atoms with E-state index < -0.39 is 22.0 Å². The highest BCUT2D eigenvalue weighted by Crippen LogP contribution is 2.30. The lowest BCUT2D eigenvalue weighted by atomic mass is 10.2. The lowest BCUT2D eigenvalue weighted by Crippen LogP contribution is -2.41. The molecule has 34 heavy (non-hydrogen) atoms. The average molecular weight is 495 g/mol. The number of ether oxygens (including phenoxy) is 2. The molecule has 12 heteroatoms. The number of hydrogen-bond acceptors (Lipinski definition) is 6. The first-order chi connectivity index (χ1) is 16.3. The number of carbonyl (C=O) groups is 2. The SMILES string of the molecule is CCOc1ccc(NC(=O)CNC(=O)NCc2ccc(F)cc2)cc1S(=O)(=O)N1CCOCC1. The van der Waals surface area contributed by atoms with Crippen LogP contribution in [0.25, 0.3) is 0 Å². The van der Waals surface area contributed by atoms with E-state index in [1.165, 1.54) is 46.8 Å². The molecule has 2 aromatic carbocycles. The number of rotatable bonds is 9. The molecule has 3 amide bonds. The molecule has 3 rings (SSSR count). The van der Waals surface area contributed by atoms with Gasteiger partial charge in [0.05, 0.1) is 26.4 Å². The highest BCUT2D eigenvalue weighted by atomic mass is 32.2. The standard InChI is InChI=1S/C22H27FN4O6S/c1-2-33-19-8-7-18(13-20(19)34(30,31)27-9-11-32-12-10-27)26-21(28)15-25-22(29)24-14-16-3-5-17(23)6-4-16/h3-8,13H,2,9-12,14-15H2,1H3,(H,26,28)(H2,24,25,29). The van der Waals surface area contributed by atoms with Gasteiger partial charge in [-0.05, 0) is 42.8 Å². The zero-order valence-corrected chi connectivity index (χ0v) is 19.5.